The monoisotopic (exact) mass is 397 g/mol. The summed E-state index contributed by atoms with van der Waals surface area (Å²) in [5.74, 6) is 0. The van der Waals surface area contributed by atoms with Gasteiger partial charge in [0.1, 0.15) is 0 Å². The zero-order chi connectivity index (χ0) is 21.1. The maximum atomic E-state index is 11.6. The lowest BCUT2D eigenvalue weighted by atomic mass is 9.65. The van der Waals surface area contributed by atoms with Crippen molar-refractivity contribution in [3.8, 4) is 0 Å². The fourth-order valence-electron chi connectivity index (χ4n) is 4.10. The van der Waals surface area contributed by atoms with E-state index in [1.54, 1.807) is 0 Å². The van der Waals surface area contributed by atoms with Gasteiger partial charge in [-0.25, -0.2) is 0 Å². The molecule has 0 aliphatic carbocycles. The lowest BCUT2D eigenvalue weighted by Crippen LogP contribution is -2.45. The second-order valence-corrected chi connectivity index (χ2v) is 8.27. The van der Waals surface area contributed by atoms with E-state index < -0.39 is 11.5 Å². The highest BCUT2D eigenvalue weighted by atomic mass is 16.3. The standard InChI is InChI=1S/C25H39N3O/c1-21(28(2)3)20-25(22-12-6-4-7-13-22,23-14-8-5-9-15-23)24(29)16-10-11-18-27-19-17-26/h4-9,12-15,21,24,27,29H,10-11,16-20,26H2,1-3H3. The number of hydrogen-bond acceptors (Lipinski definition) is 4. The van der Waals surface area contributed by atoms with Crippen LogP contribution in [0.15, 0.2) is 60.7 Å². The van der Waals surface area contributed by atoms with Gasteiger partial charge in [-0.15, -0.1) is 0 Å². The third kappa shape index (κ3) is 6.38. The van der Waals surface area contributed by atoms with Crippen LogP contribution in [0, 0.1) is 0 Å². The summed E-state index contributed by atoms with van der Waals surface area (Å²) in [6.45, 7) is 4.70. The van der Waals surface area contributed by atoms with Crippen LogP contribution in [0.4, 0.5) is 0 Å². The Morgan fingerprint density at radius 3 is 1.97 bits per heavy atom. The molecule has 2 aromatic carbocycles. The molecule has 4 nitrogen and oxygen atoms in total. The highest BCUT2D eigenvalue weighted by Crippen LogP contribution is 2.42. The van der Waals surface area contributed by atoms with E-state index in [1.165, 1.54) is 11.1 Å². The largest absolute Gasteiger partial charge is 0.392 e. The number of rotatable bonds is 13. The molecule has 0 aliphatic rings. The first-order valence-corrected chi connectivity index (χ1v) is 10.9. The number of aliphatic hydroxyl groups is 1. The van der Waals surface area contributed by atoms with Gasteiger partial charge in [-0.2, -0.15) is 0 Å². The van der Waals surface area contributed by atoms with Crippen LogP contribution in [-0.2, 0) is 5.41 Å². The molecule has 0 saturated heterocycles. The summed E-state index contributed by atoms with van der Waals surface area (Å²) in [6, 6.07) is 21.4. The van der Waals surface area contributed by atoms with E-state index in [4.69, 9.17) is 5.73 Å². The van der Waals surface area contributed by atoms with Crippen molar-refractivity contribution in [3.05, 3.63) is 71.8 Å². The third-order valence-corrected chi connectivity index (χ3v) is 6.05. The fraction of sp³-hybridized carbons (Fsp3) is 0.520. The van der Waals surface area contributed by atoms with E-state index in [-0.39, 0.29) is 0 Å². The average molecular weight is 398 g/mol. The van der Waals surface area contributed by atoms with Gasteiger partial charge in [-0.1, -0.05) is 60.7 Å². The zero-order valence-electron chi connectivity index (χ0n) is 18.3. The molecule has 0 spiro atoms. The molecule has 4 N–H and O–H groups in total. The molecule has 160 valence electrons. The number of aliphatic hydroxyl groups excluding tert-OH is 1. The van der Waals surface area contributed by atoms with E-state index in [9.17, 15) is 5.11 Å². The second-order valence-electron chi connectivity index (χ2n) is 8.27. The van der Waals surface area contributed by atoms with Gasteiger partial charge in [0.2, 0.25) is 0 Å². The van der Waals surface area contributed by atoms with Crippen molar-refractivity contribution < 1.29 is 5.11 Å². The van der Waals surface area contributed by atoms with Crippen LogP contribution < -0.4 is 11.1 Å². The lowest BCUT2D eigenvalue weighted by Gasteiger charge is -2.42. The number of nitrogens with one attached hydrogen (secondary N) is 1. The van der Waals surface area contributed by atoms with Gasteiger partial charge in [0.25, 0.3) is 0 Å². The molecular formula is C25H39N3O. The summed E-state index contributed by atoms with van der Waals surface area (Å²) >= 11 is 0. The maximum absolute atomic E-state index is 11.6. The van der Waals surface area contributed by atoms with Crippen LogP contribution >= 0.6 is 0 Å². The molecule has 0 fully saturated rings. The minimum atomic E-state index is -0.454. The molecule has 0 aromatic heterocycles. The molecule has 2 aromatic rings. The predicted octanol–water partition coefficient (Wildman–Crippen LogP) is 3.39. The molecule has 0 amide bonds. The van der Waals surface area contributed by atoms with Crippen LogP contribution in [0.3, 0.4) is 0 Å². The second kappa shape index (κ2) is 12.1. The Balaban J connectivity index is 2.34. The van der Waals surface area contributed by atoms with Crippen molar-refractivity contribution >= 4 is 0 Å². The molecule has 0 bridgehead atoms. The Bertz CT molecular complexity index is 635. The Kier molecular flexibility index (Phi) is 9.82. The van der Waals surface area contributed by atoms with Gasteiger partial charge in [-0.3, -0.25) is 0 Å². The molecule has 0 radical (unpaired) electrons. The first-order chi connectivity index (χ1) is 14.0. The lowest BCUT2D eigenvalue weighted by molar-refractivity contribution is 0.0711. The number of hydrogen-bond donors (Lipinski definition) is 3. The van der Waals surface area contributed by atoms with E-state index >= 15 is 0 Å². The summed E-state index contributed by atoms with van der Waals surface area (Å²) in [5, 5.41) is 15.0. The van der Waals surface area contributed by atoms with E-state index in [2.05, 4.69) is 79.8 Å². The maximum Gasteiger partial charge on any atom is 0.0678 e. The van der Waals surface area contributed by atoms with Gasteiger partial charge in [-0.05, 0) is 64.4 Å². The summed E-state index contributed by atoms with van der Waals surface area (Å²) < 4.78 is 0. The Labute approximate surface area is 177 Å². The Morgan fingerprint density at radius 1 is 0.931 bits per heavy atom. The summed E-state index contributed by atoms with van der Waals surface area (Å²) in [6.07, 6.45) is 3.20. The number of nitrogens with two attached hydrogens (primary N) is 1. The first kappa shape index (κ1) is 23.6. The molecule has 29 heavy (non-hydrogen) atoms. The van der Waals surface area contributed by atoms with Gasteiger partial charge in [0.05, 0.1) is 6.10 Å². The molecular weight excluding hydrogens is 358 g/mol. The van der Waals surface area contributed by atoms with Gasteiger partial charge < -0.3 is 21.1 Å². The molecule has 2 unspecified atom stereocenters. The number of benzene rings is 2. The smallest absolute Gasteiger partial charge is 0.0678 e. The van der Waals surface area contributed by atoms with Gasteiger partial charge >= 0.3 is 0 Å². The van der Waals surface area contributed by atoms with Crippen LogP contribution in [-0.4, -0.2) is 55.9 Å². The van der Waals surface area contributed by atoms with Crippen molar-refractivity contribution in [2.45, 2.75) is 50.2 Å². The average Bonchev–Trinajstić information content (AvgIpc) is 2.75. The van der Waals surface area contributed by atoms with Crippen molar-refractivity contribution in [3.63, 3.8) is 0 Å². The highest BCUT2D eigenvalue weighted by Gasteiger charge is 2.42. The van der Waals surface area contributed by atoms with Crippen LogP contribution in [0.2, 0.25) is 0 Å². The normalized spacial score (nSPS) is 14.1. The number of unbranched alkanes of at least 4 members (excludes halogenated alkanes) is 1. The summed E-state index contributed by atoms with van der Waals surface area (Å²) in [4.78, 5) is 2.24. The highest BCUT2D eigenvalue weighted by molar-refractivity contribution is 5.41. The van der Waals surface area contributed by atoms with Crippen LogP contribution in [0.1, 0.15) is 43.7 Å². The molecule has 0 heterocycles. The van der Waals surface area contributed by atoms with E-state index in [0.717, 1.165) is 38.8 Å². The Hall–Kier alpha value is -1.72. The van der Waals surface area contributed by atoms with E-state index in [0.29, 0.717) is 12.6 Å². The molecule has 2 rings (SSSR count). The van der Waals surface area contributed by atoms with Crippen LogP contribution in [0.5, 0.6) is 0 Å². The topological polar surface area (TPSA) is 61.5 Å². The van der Waals surface area contributed by atoms with E-state index in [1.807, 2.05) is 12.1 Å². The molecule has 4 heteroatoms. The minimum absolute atomic E-state index is 0.330. The predicted molar refractivity (Wildman–Crippen MR) is 123 cm³/mol. The fourth-order valence-corrected chi connectivity index (χ4v) is 4.10. The quantitative estimate of drug-likeness (QED) is 0.454. The van der Waals surface area contributed by atoms with Gasteiger partial charge in [0, 0.05) is 24.5 Å². The molecule has 0 aliphatic heterocycles. The van der Waals surface area contributed by atoms with Crippen LogP contribution in [0.25, 0.3) is 0 Å². The zero-order valence-corrected chi connectivity index (χ0v) is 18.3. The third-order valence-electron chi connectivity index (χ3n) is 6.05. The van der Waals surface area contributed by atoms with Crippen molar-refractivity contribution in [1.29, 1.82) is 0 Å². The summed E-state index contributed by atoms with van der Waals surface area (Å²) in [5.41, 5.74) is 7.49. The van der Waals surface area contributed by atoms with Crippen molar-refractivity contribution in [2.75, 3.05) is 33.7 Å². The summed E-state index contributed by atoms with van der Waals surface area (Å²) in [7, 11) is 4.22. The van der Waals surface area contributed by atoms with Crippen molar-refractivity contribution in [1.82, 2.24) is 10.2 Å². The van der Waals surface area contributed by atoms with Crippen molar-refractivity contribution in [2.24, 2.45) is 5.73 Å². The van der Waals surface area contributed by atoms with Gasteiger partial charge in [0.15, 0.2) is 0 Å². The SMILES string of the molecule is CC(CC(c1ccccc1)(c1ccccc1)C(O)CCCCNCCN)N(C)C. The number of nitrogens with zero attached hydrogens (tertiary/aromatic N) is 1. The molecule has 0 saturated carbocycles. The minimum Gasteiger partial charge on any atom is -0.392 e. The Morgan fingerprint density at radius 2 is 1.48 bits per heavy atom. The molecule has 2 atom stereocenters. The first-order valence-electron chi connectivity index (χ1n) is 10.9.